The molecule has 0 saturated carbocycles. The van der Waals surface area contributed by atoms with Crippen LogP contribution in [0.5, 0.6) is 11.5 Å². The second-order valence-corrected chi connectivity index (χ2v) is 8.53. The van der Waals surface area contributed by atoms with Crippen molar-refractivity contribution in [2.75, 3.05) is 11.4 Å². The van der Waals surface area contributed by atoms with Crippen molar-refractivity contribution in [3.63, 3.8) is 0 Å². The molecule has 5 rings (SSSR count). The Morgan fingerprint density at radius 2 is 1.92 bits per heavy atom. The number of rotatable bonds is 5. The maximum Gasteiger partial charge on any atom is 0.586 e. The number of halogens is 2. The van der Waals surface area contributed by atoms with Crippen molar-refractivity contribution in [2.45, 2.75) is 33.6 Å². The van der Waals surface area contributed by atoms with Gasteiger partial charge in [0.2, 0.25) is 5.91 Å². The number of aromatic nitrogens is 4. The zero-order valence-electron chi connectivity index (χ0n) is 20.0. The fraction of sp³-hybridized carbons (Fsp3) is 0.240. The van der Waals surface area contributed by atoms with Gasteiger partial charge in [-0.1, -0.05) is 0 Å². The summed E-state index contributed by atoms with van der Waals surface area (Å²) in [6, 6.07) is 9.92. The first kappa shape index (κ1) is 23.9. The molecule has 0 radical (unpaired) electrons. The summed E-state index contributed by atoms with van der Waals surface area (Å²) in [6.45, 7) is 4.94. The van der Waals surface area contributed by atoms with Gasteiger partial charge in [0.05, 0.1) is 23.6 Å². The molecule has 1 N–H and O–H groups in total. The quantitative estimate of drug-likeness (QED) is 0.438. The minimum Gasteiger partial charge on any atom is -0.395 e. The molecule has 12 heteroatoms. The molecule has 0 saturated heterocycles. The molecule has 1 aliphatic heterocycles. The molecule has 10 nitrogen and oxygen atoms in total. The van der Waals surface area contributed by atoms with Gasteiger partial charge in [-0.2, -0.15) is 10.4 Å². The van der Waals surface area contributed by atoms with Crippen molar-refractivity contribution >= 4 is 22.6 Å². The standard InChI is InChI=1S/C25H20F2N6O4/c1-4-32(17-9-19-18(7-14(17)3)36-25(26,27)37-19)20(34)11-33-24(35)23-22(29-12-30-23)21(31-33)16-6-13(2)5-15(8-16)10-28/h5-9,12H,4,11H2,1-3H3,(H,29,30). The van der Waals surface area contributed by atoms with Crippen LogP contribution in [0.4, 0.5) is 14.5 Å². The number of H-pyrrole nitrogens is 1. The number of anilines is 1. The van der Waals surface area contributed by atoms with E-state index in [0.29, 0.717) is 33.6 Å². The molecule has 0 bridgehead atoms. The number of alkyl halides is 2. The van der Waals surface area contributed by atoms with Crippen molar-refractivity contribution in [1.82, 2.24) is 19.7 Å². The number of aromatic amines is 1. The molecule has 188 valence electrons. The highest BCUT2D eigenvalue weighted by atomic mass is 19.3. The Kier molecular flexibility index (Phi) is 5.63. The van der Waals surface area contributed by atoms with Crippen LogP contribution in [0.3, 0.4) is 0 Å². The molecular weight excluding hydrogens is 486 g/mol. The van der Waals surface area contributed by atoms with E-state index in [2.05, 4.69) is 30.6 Å². The molecule has 2 aromatic carbocycles. The first-order valence-electron chi connectivity index (χ1n) is 11.3. The number of fused-ring (bicyclic) bond motifs is 2. The Labute approximate surface area is 208 Å². The van der Waals surface area contributed by atoms with Gasteiger partial charge in [0.25, 0.3) is 5.56 Å². The smallest absolute Gasteiger partial charge is 0.395 e. The van der Waals surface area contributed by atoms with Gasteiger partial charge in [0.15, 0.2) is 11.5 Å². The number of aryl methyl sites for hydroxylation is 2. The first-order chi connectivity index (χ1) is 17.6. The highest BCUT2D eigenvalue weighted by Crippen LogP contribution is 2.44. The lowest BCUT2D eigenvalue weighted by atomic mass is 10.0. The average molecular weight is 506 g/mol. The number of imidazole rings is 1. The fourth-order valence-electron chi connectivity index (χ4n) is 4.34. The van der Waals surface area contributed by atoms with Crippen molar-refractivity contribution in [2.24, 2.45) is 0 Å². The number of carbonyl (C=O) groups excluding carboxylic acids is 1. The number of amides is 1. The number of hydrogen-bond donors (Lipinski definition) is 1. The summed E-state index contributed by atoms with van der Waals surface area (Å²) in [7, 11) is 0. The molecule has 0 atom stereocenters. The monoisotopic (exact) mass is 506 g/mol. The van der Waals surface area contributed by atoms with Crippen LogP contribution in [-0.4, -0.2) is 38.5 Å². The zero-order valence-corrected chi connectivity index (χ0v) is 20.0. The summed E-state index contributed by atoms with van der Waals surface area (Å²) in [5, 5.41) is 13.8. The van der Waals surface area contributed by atoms with Gasteiger partial charge in [-0.15, -0.1) is 8.78 Å². The predicted octanol–water partition coefficient (Wildman–Crippen LogP) is 3.65. The van der Waals surface area contributed by atoms with Crippen molar-refractivity contribution in [3.05, 3.63) is 63.7 Å². The van der Waals surface area contributed by atoms with Crippen LogP contribution < -0.4 is 19.9 Å². The average Bonchev–Trinajstić information content (AvgIpc) is 3.44. The summed E-state index contributed by atoms with van der Waals surface area (Å²) in [5.41, 5.74) is 2.86. The second-order valence-electron chi connectivity index (χ2n) is 8.53. The third-order valence-corrected chi connectivity index (χ3v) is 5.93. The van der Waals surface area contributed by atoms with Gasteiger partial charge in [0, 0.05) is 18.2 Å². The minimum atomic E-state index is -3.79. The molecule has 0 spiro atoms. The fourth-order valence-corrected chi connectivity index (χ4v) is 4.34. The lowest BCUT2D eigenvalue weighted by Crippen LogP contribution is -2.38. The summed E-state index contributed by atoms with van der Waals surface area (Å²) in [5.74, 6) is -0.824. The van der Waals surface area contributed by atoms with Gasteiger partial charge in [-0.3, -0.25) is 9.59 Å². The number of likely N-dealkylation sites (N-methyl/N-ethyl adjacent to an activating group) is 1. The summed E-state index contributed by atoms with van der Waals surface area (Å²) in [6.07, 6.45) is -2.43. The van der Waals surface area contributed by atoms with E-state index in [1.165, 1.54) is 23.4 Å². The number of nitrogens with one attached hydrogen (secondary N) is 1. The molecule has 1 aliphatic rings. The lowest BCUT2D eigenvalue weighted by Gasteiger charge is -2.23. The summed E-state index contributed by atoms with van der Waals surface area (Å²) in [4.78, 5) is 34.9. The molecule has 0 fully saturated rings. The molecule has 0 unspecified atom stereocenters. The van der Waals surface area contributed by atoms with Crippen LogP contribution in [0.25, 0.3) is 22.3 Å². The van der Waals surface area contributed by atoms with Gasteiger partial charge in [-0.05, 0) is 56.2 Å². The predicted molar refractivity (Wildman–Crippen MR) is 128 cm³/mol. The van der Waals surface area contributed by atoms with Gasteiger partial charge < -0.3 is 19.4 Å². The van der Waals surface area contributed by atoms with E-state index < -0.39 is 24.3 Å². The van der Waals surface area contributed by atoms with Crippen molar-refractivity contribution in [1.29, 1.82) is 5.26 Å². The maximum absolute atomic E-state index is 13.5. The highest BCUT2D eigenvalue weighted by Gasteiger charge is 2.44. The van der Waals surface area contributed by atoms with Gasteiger partial charge in [0.1, 0.15) is 23.3 Å². The Morgan fingerprint density at radius 1 is 1.19 bits per heavy atom. The number of ether oxygens (including phenoxy) is 2. The van der Waals surface area contributed by atoms with Crippen molar-refractivity contribution < 1.29 is 23.0 Å². The minimum absolute atomic E-state index is 0.128. The topological polar surface area (TPSA) is 126 Å². The number of hydrogen-bond acceptors (Lipinski definition) is 7. The van der Waals surface area contributed by atoms with Gasteiger partial charge in [-0.25, -0.2) is 9.67 Å². The van der Waals surface area contributed by atoms with E-state index in [0.717, 1.165) is 10.2 Å². The van der Waals surface area contributed by atoms with Crippen LogP contribution in [0, 0.1) is 25.2 Å². The third kappa shape index (κ3) is 4.24. The van der Waals surface area contributed by atoms with Crippen molar-refractivity contribution in [3.8, 4) is 28.8 Å². The molecular formula is C25H20F2N6O4. The van der Waals surface area contributed by atoms with Crippen LogP contribution in [0.2, 0.25) is 0 Å². The first-order valence-corrected chi connectivity index (χ1v) is 11.3. The zero-order chi connectivity index (χ0) is 26.5. The number of nitriles is 1. The molecule has 4 aromatic rings. The van der Waals surface area contributed by atoms with Crippen LogP contribution in [-0.2, 0) is 11.3 Å². The molecule has 3 heterocycles. The SMILES string of the molecule is CCN(C(=O)Cn1nc(-c2cc(C)cc(C#N)c2)c2nc[nH]c2c1=O)c1cc2c(cc1C)OC(F)(F)O2. The third-order valence-electron chi connectivity index (χ3n) is 5.93. The van der Waals surface area contributed by atoms with E-state index in [1.54, 1.807) is 32.0 Å². The second kappa shape index (κ2) is 8.70. The summed E-state index contributed by atoms with van der Waals surface area (Å²) < 4.78 is 37.1. The highest BCUT2D eigenvalue weighted by molar-refractivity contribution is 5.95. The Hall–Kier alpha value is -4.79. The molecule has 37 heavy (non-hydrogen) atoms. The Morgan fingerprint density at radius 3 is 2.62 bits per heavy atom. The van der Waals surface area contributed by atoms with E-state index in [9.17, 15) is 23.6 Å². The van der Waals surface area contributed by atoms with Crippen LogP contribution in [0.15, 0.2) is 41.5 Å². The van der Waals surface area contributed by atoms with E-state index in [4.69, 9.17) is 0 Å². The van der Waals surface area contributed by atoms with E-state index in [-0.39, 0.29) is 23.6 Å². The Balaban J connectivity index is 1.54. The number of carbonyl (C=O) groups is 1. The molecule has 2 aromatic heterocycles. The van der Waals surface area contributed by atoms with E-state index in [1.807, 2.05) is 6.92 Å². The lowest BCUT2D eigenvalue weighted by molar-refractivity contribution is -0.286. The molecule has 1 amide bonds. The normalized spacial score (nSPS) is 13.5. The number of benzene rings is 2. The van der Waals surface area contributed by atoms with Crippen LogP contribution >= 0.6 is 0 Å². The molecule has 0 aliphatic carbocycles. The maximum atomic E-state index is 13.5. The van der Waals surface area contributed by atoms with Gasteiger partial charge >= 0.3 is 6.29 Å². The van der Waals surface area contributed by atoms with Crippen LogP contribution in [0.1, 0.15) is 23.6 Å². The Bertz CT molecular complexity index is 1670. The number of nitrogens with zero attached hydrogens (tertiary/aromatic N) is 5. The summed E-state index contributed by atoms with van der Waals surface area (Å²) >= 11 is 0. The largest absolute Gasteiger partial charge is 0.586 e. The van der Waals surface area contributed by atoms with E-state index >= 15 is 0 Å².